The minimum absolute atomic E-state index is 0.183. The quantitative estimate of drug-likeness (QED) is 0.687. The molecule has 4 rings (SSSR count). The smallest absolute Gasteiger partial charge is 0.274 e. The standard InChI is InChI=1S/C20H20ClN7O2/c1-26-17(24-18(29)14-5-2-3-6-15(14)21)13-16(25-26)19(30)27-9-11-28(12-10-27)20-22-7-4-8-23-20/h2-8,13H,9-12H2,1H3,(H,24,29). The fourth-order valence-electron chi connectivity index (χ4n) is 3.24. The number of hydrogen-bond acceptors (Lipinski definition) is 6. The van der Waals surface area contributed by atoms with Crippen LogP contribution in [-0.2, 0) is 7.05 Å². The molecule has 10 heteroatoms. The van der Waals surface area contributed by atoms with Crippen molar-refractivity contribution in [2.45, 2.75) is 0 Å². The summed E-state index contributed by atoms with van der Waals surface area (Å²) in [6.07, 6.45) is 3.40. The van der Waals surface area contributed by atoms with Crippen molar-refractivity contribution in [3.05, 3.63) is 65.1 Å². The van der Waals surface area contributed by atoms with Crippen LogP contribution in [0, 0.1) is 0 Å². The Balaban J connectivity index is 1.41. The predicted molar refractivity (Wildman–Crippen MR) is 113 cm³/mol. The van der Waals surface area contributed by atoms with Gasteiger partial charge >= 0.3 is 0 Å². The first-order valence-corrected chi connectivity index (χ1v) is 9.82. The molecule has 3 aromatic rings. The average molecular weight is 426 g/mol. The Morgan fingerprint density at radius 3 is 2.43 bits per heavy atom. The molecule has 0 unspecified atom stereocenters. The predicted octanol–water partition coefficient (Wildman–Crippen LogP) is 2.08. The van der Waals surface area contributed by atoms with E-state index in [0.717, 1.165) is 0 Å². The Hall–Kier alpha value is -3.46. The first kappa shape index (κ1) is 19.8. The number of anilines is 2. The van der Waals surface area contributed by atoms with E-state index in [1.165, 1.54) is 4.68 Å². The van der Waals surface area contributed by atoms with Crippen LogP contribution in [0.2, 0.25) is 5.02 Å². The van der Waals surface area contributed by atoms with Crippen molar-refractivity contribution in [1.29, 1.82) is 0 Å². The number of nitrogens with one attached hydrogen (secondary N) is 1. The van der Waals surface area contributed by atoms with Gasteiger partial charge in [-0.15, -0.1) is 0 Å². The van der Waals surface area contributed by atoms with Gasteiger partial charge in [-0.3, -0.25) is 14.3 Å². The molecule has 1 aliphatic heterocycles. The van der Waals surface area contributed by atoms with Crippen molar-refractivity contribution < 1.29 is 9.59 Å². The van der Waals surface area contributed by atoms with Crippen molar-refractivity contribution in [2.24, 2.45) is 7.05 Å². The molecule has 1 aromatic carbocycles. The van der Waals surface area contributed by atoms with Crippen LogP contribution in [0.4, 0.5) is 11.8 Å². The minimum atomic E-state index is -0.362. The van der Waals surface area contributed by atoms with Crippen molar-refractivity contribution in [3.63, 3.8) is 0 Å². The van der Waals surface area contributed by atoms with Gasteiger partial charge in [-0.25, -0.2) is 9.97 Å². The lowest BCUT2D eigenvalue weighted by Crippen LogP contribution is -2.49. The van der Waals surface area contributed by atoms with Gasteiger partial charge in [-0.05, 0) is 18.2 Å². The van der Waals surface area contributed by atoms with E-state index in [1.54, 1.807) is 60.7 Å². The fourth-order valence-corrected chi connectivity index (χ4v) is 3.47. The molecular weight excluding hydrogens is 406 g/mol. The molecule has 1 aliphatic rings. The van der Waals surface area contributed by atoms with Gasteiger partial charge in [0.15, 0.2) is 5.69 Å². The summed E-state index contributed by atoms with van der Waals surface area (Å²) in [6.45, 7) is 2.35. The lowest BCUT2D eigenvalue weighted by atomic mass is 10.2. The number of halogens is 1. The second-order valence-electron chi connectivity index (χ2n) is 6.80. The number of carbonyl (C=O) groups excluding carboxylic acids is 2. The van der Waals surface area contributed by atoms with Gasteiger partial charge in [0.1, 0.15) is 5.82 Å². The number of amides is 2. The van der Waals surface area contributed by atoms with Crippen molar-refractivity contribution in [3.8, 4) is 0 Å². The fraction of sp³-hybridized carbons (Fsp3) is 0.250. The van der Waals surface area contributed by atoms with Crippen molar-refractivity contribution in [1.82, 2.24) is 24.6 Å². The molecule has 9 nitrogen and oxygen atoms in total. The molecule has 1 N–H and O–H groups in total. The number of carbonyl (C=O) groups is 2. The van der Waals surface area contributed by atoms with E-state index in [9.17, 15) is 9.59 Å². The Kier molecular flexibility index (Phi) is 5.62. The van der Waals surface area contributed by atoms with Gasteiger partial charge in [-0.2, -0.15) is 5.10 Å². The molecule has 1 fully saturated rings. The van der Waals surface area contributed by atoms with Crippen molar-refractivity contribution in [2.75, 3.05) is 36.4 Å². The molecule has 0 atom stereocenters. The van der Waals surface area contributed by atoms with Gasteiger partial charge in [0.25, 0.3) is 11.8 Å². The van der Waals surface area contributed by atoms with Crippen LogP contribution in [0.25, 0.3) is 0 Å². The summed E-state index contributed by atoms with van der Waals surface area (Å²) >= 11 is 6.08. The number of hydrogen-bond donors (Lipinski definition) is 1. The number of aromatic nitrogens is 4. The summed E-state index contributed by atoms with van der Waals surface area (Å²) < 4.78 is 1.47. The second-order valence-corrected chi connectivity index (χ2v) is 7.21. The molecular formula is C20H20ClN7O2. The zero-order chi connectivity index (χ0) is 21.1. The highest BCUT2D eigenvalue weighted by atomic mass is 35.5. The van der Waals surface area contributed by atoms with Crippen LogP contribution in [0.3, 0.4) is 0 Å². The van der Waals surface area contributed by atoms with Crippen LogP contribution < -0.4 is 10.2 Å². The number of rotatable bonds is 4. The zero-order valence-electron chi connectivity index (χ0n) is 16.3. The second kappa shape index (κ2) is 8.50. The third kappa shape index (κ3) is 4.11. The third-order valence-electron chi connectivity index (χ3n) is 4.86. The molecule has 0 saturated carbocycles. The molecule has 2 amide bonds. The highest BCUT2D eigenvalue weighted by Gasteiger charge is 2.26. The first-order valence-electron chi connectivity index (χ1n) is 9.44. The van der Waals surface area contributed by atoms with Crippen molar-refractivity contribution >= 4 is 35.2 Å². The van der Waals surface area contributed by atoms with E-state index >= 15 is 0 Å². The average Bonchev–Trinajstić information content (AvgIpc) is 3.14. The highest BCUT2D eigenvalue weighted by Crippen LogP contribution is 2.19. The van der Waals surface area contributed by atoms with Crippen LogP contribution in [0.5, 0.6) is 0 Å². The molecule has 1 saturated heterocycles. The molecule has 0 radical (unpaired) electrons. The maximum atomic E-state index is 12.9. The Labute approximate surface area is 178 Å². The van der Waals surface area contributed by atoms with Crippen LogP contribution in [-0.4, -0.2) is 62.6 Å². The lowest BCUT2D eigenvalue weighted by Gasteiger charge is -2.34. The van der Waals surface area contributed by atoms with Crippen LogP contribution in [0.1, 0.15) is 20.8 Å². The normalized spacial score (nSPS) is 13.9. The third-order valence-corrected chi connectivity index (χ3v) is 5.19. The maximum Gasteiger partial charge on any atom is 0.274 e. The molecule has 3 heterocycles. The Morgan fingerprint density at radius 1 is 1.03 bits per heavy atom. The Bertz CT molecular complexity index is 1060. The minimum Gasteiger partial charge on any atom is -0.337 e. The van der Waals surface area contributed by atoms with Gasteiger partial charge in [-0.1, -0.05) is 23.7 Å². The van der Waals surface area contributed by atoms with Gasteiger partial charge < -0.3 is 15.1 Å². The Morgan fingerprint density at radius 2 is 1.73 bits per heavy atom. The molecule has 0 aliphatic carbocycles. The zero-order valence-corrected chi connectivity index (χ0v) is 17.1. The SMILES string of the molecule is Cn1nc(C(=O)N2CCN(c3ncccn3)CC2)cc1NC(=O)c1ccccc1Cl. The van der Waals surface area contributed by atoms with Gasteiger partial charge in [0, 0.05) is 51.7 Å². The summed E-state index contributed by atoms with van der Waals surface area (Å²) in [4.78, 5) is 37.7. The van der Waals surface area contributed by atoms with Crippen LogP contribution >= 0.6 is 11.6 Å². The molecule has 0 spiro atoms. The van der Waals surface area contributed by atoms with E-state index in [2.05, 4.69) is 20.4 Å². The summed E-state index contributed by atoms with van der Waals surface area (Å²) in [5.41, 5.74) is 0.629. The molecule has 2 aromatic heterocycles. The number of benzene rings is 1. The first-order chi connectivity index (χ1) is 14.5. The monoisotopic (exact) mass is 425 g/mol. The maximum absolute atomic E-state index is 12.9. The van der Waals surface area contributed by atoms with Gasteiger partial charge in [0.2, 0.25) is 5.95 Å². The molecule has 30 heavy (non-hydrogen) atoms. The summed E-state index contributed by atoms with van der Waals surface area (Å²) in [6, 6.07) is 10.1. The molecule has 0 bridgehead atoms. The van der Waals surface area contributed by atoms with E-state index in [0.29, 0.717) is 48.5 Å². The number of piperazine rings is 1. The number of aryl methyl sites for hydroxylation is 1. The molecule has 154 valence electrons. The van der Waals surface area contributed by atoms with E-state index in [-0.39, 0.29) is 17.5 Å². The summed E-state index contributed by atoms with van der Waals surface area (Å²) in [5.74, 6) is 0.531. The lowest BCUT2D eigenvalue weighted by molar-refractivity contribution is 0.0739. The van der Waals surface area contributed by atoms with E-state index < -0.39 is 0 Å². The van der Waals surface area contributed by atoms with Crippen LogP contribution in [0.15, 0.2) is 48.8 Å². The van der Waals surface area contributed by atoms with E-state index in [1.807, 2.05) is 4.90 Å². The largest absolute Gasteiger partial charge is 0.337 e. The highest BCUT2D eigenvalue weighted by molar-refractivity contribution is 6.34. The summed E-state index contributed by atoms with van der Waals surface area (Å²) in [5, 5.41) is 7.38. The number of nitrogens with zero attached hydrogens (tertiary/aromatic N) is 6. The summed E-state index contributed by atoms with van der Waals surface area (Å²) in [7, 11) is 1.67. The van der Waals surface area contributed by atoms with E-state index in [4.69, 9.17) is 11.6 Å². The topological polar surface area (TPSA) is 96.2 Å². The van der Waals surface area contributed by atoms with Gasteiger partial charge in [0.05, 0.1) is 10.6 Å².